The van der Waals surface area contributed by atoms with Crippen molar-refractivity contribution in [1.82, 2.24) is 20.1 Å². The Kier molecular flexibility index (Phi) is 8.08. The van der Waals surface area contributed by atoms with Crippen LogP contribution in [0.2, 0.25) is 0 Å². The number of carbonyl (C=O) groups excluding carboxylic acids is 2. The van der Waals surface area contributed by atoms with Gasteiger partial charge in [-0.05, 0) is 79.8 Å². The van der Waals surface area contributed by atoms with Crippen LogP contribution in [0.15, 0.2) is 53.7 Å². The molecule has 2 amide bonds. The molecule has 31 heavy (non-hydrogen) atoms. The number of hydrogen-bond acceptors (Lipinski definition) is 5. The first-order chi connectivity index (χ1) is 14.9. The van der Waals surface area contributed by atoms with Crippen molar-refractivity contribution >= 4 is 51.9 Å². The van der Waals surface area contributed by atoms with Gasteiger partial charge in [-0.2, -0.15) is 0 Å². The third-order valence-electron chi connectivity index (χ3n) is 4.57. The van der Waals surface area contributed by atoms with E-state index in [0.29, 0.717) is 23.1 Å². The number of nitrogens with zero attached hydrogens (tertiary/aromatic N) is 3. The molecule has 9 heteroatoms. The summed E-state index contributed by atoms with van der Waals surface area (Å²) < 4.78 is 3.03. The highest BCUT2D eigenvalue weighted by Crippen LogP contribution is 2.21. The van der Waals surface area contributed by atoms with Crippen LogP contribution in [0.3, 0.4) is 0 Å². The summed E-state index contributed by atoms with van der Waals surface area (Å²) in [5, 5.41) is 15.0. The number of nitrogens with one attached hydrogen (secondary N) is 2. The average molecular weight is 549 g/mol. The number of benzene rings is 2. The van der Waals surface area contributed by atoms with Crippen LogP contribution < -0.4 is 10.6 Å². The molecule has 0 saturated heterocycles. The molecule has 0 aliphatic heterocycles. The second-order valence-electron chi connectivity index (χ2n) is 6.99. The maximum atomic E-state index is 12.5. The van der Waals surface area contributed by atoms with Gasteiger partial charge in [0.1, 0.15) is 0 Å². The first kappa shape index (κ1) is 23.3. The van der Waals surface area contributed by atoms with E-state index >= 15 is 0 Å². The number of carbonyl (C=O) groups is 2. The van der Waals surface area contributed by atoms with Crippen LogP contribution in [0.5, 0.6) is 0 Å². The van der Waals surface area contributed by atoms with Crippen molar-refractivity contribution < 1.29 is 9.59 Å². The fraction of sp³-hybridized carbons (Fsp3) is 0.273. The number of halogens is 1. The molecule has 162 valence electrons. The number of amides is 2. The summed E-state index contributed by atoms with van der Waals surface area (Å²) in [5.41, 5.74) is 2.46. The molecule has 0 aliphatic rings. The first-order valence-electron chi connectivity index (χ1n) is 9.86. The van der Waals surface area contributed by atoms with Crippen molar-refractivity contribution in [3.8, 4) is 0 Å². The summed E-state index contributed by atoms with van der Waals surface area (Å²) in [6.45, 7) is 6.47. The Bertz CT molecular complexity index is 1050. The molecule has 2 N–H and O–H groups in total. The Hall–Kier alpha value is -2.40. The molecule has 3 aromatic rings. The van der Waals surface area contributed by atoms with Crippen LogP contribution in [0.1, 0.15) is 41.6 Å². The predicted octanol–water partition coefficient (Wildman–Crippen LogP) is 4.43. The molecule has 0 unspecified atom stereocenters. The second-order valence-corrected chi connectivity index (χ2v) is 9.18. The summed E-state index contributed by atoms with van der Waals surface area (Å²) in [4.78, 5) is 24.8. The predicted molar refractivity (Wildman–Crippen MR) is 131 cm³/mol. The minimum Gasteiger partial charge on any atom is -0.342 e. The van der Waals surface area contributed by atoms with Gasteiger partial charge in [0.25, 0.3) is 5.91 Å². The molecule has 1 atom stereocenters. The van der Waals surface area contributed by atoms with Gasteiger partial charge in [0.15, 0.2) is 11.0 Å². The number of anilines is 1. The van der Waals surface area contributed by atoms with Crippen molar-refractivity contribution in [1.29, 1.82) is 0 Å². The van der Waals surface area contributed by atoms with Gasteiger partial charge in [0, 0.05) is 21.4 Å². The summed E-state index contributed by atoms with van der Waals surface area (Å²) in [6.07, 6.45) is 0. The van der Waals surface area contributed by atoms with E-state index in [-0.39, 0.29) is 23.6 Å². The molecule has 0 spiro atoms. The van der Waals surface area contributed by atoms with Crippen LogP contribution in [0, 0.1) is 10.5 Å². The highest BCUT2D eigenvalue weighted by atomic mass is 127. The molecule has 2 aromatic carbocycles. The summed E-state index contributed by atoms with van der Waals surface area (Å²) in [5.74, 6) is 0.598. The van der Waals surface area contributed by atoms with E-state index in [9.17, 15) is 9.59 Å². The maximum Gasteiger partial charge on any atom is 0.251 e. The molecule has 0 fully saturated rings. The number of aryl methyl sites for hydroxylation is 1. The number of aromatic nitrogens is 3. The largest absolute Gasteiger partial charge is 0.342 e. The van der Waals surface area contributed by atoms with Gasteiger partial charge in [-0.1, -0.05) is 29.5 Å². The lowest BCUT2D eigenvalue weighted by Crippen LogP contribution is -2.28. The van der Waals surface area contributed by atoms with Gasteiger partial charge in [-0.3, -0.25) is 9.59 Å². The van der Waals surface area contributed by atoms with Crippen LogP contribution in [-0.4, -0.2) is 32.3 Å². The van der Waals surface area contributed by atoms with Gasteiger partial charge >= 0.3 is 0 Å². The Labute approximate surface area is 199 Å². The lowest BCUT2D eigenvalue weighted by Gasteiger charge is -2.15. The molecule has 0 bridgehead atoms. The zero-order valence-electron chi connectivity index (χ0n) is 17.6. The molecule has 1 aromatic heterocycles. The normalized spacial score (nSPS) is 11.7. The lowest BCUT2D eigenvalue weighted by atomic mass is 10.1. The Morgan fingerprint density at radius 2 is 1.77 bits per heavy atom. The van der Waals surface area contributed by atoms with E-state index < -0.39 is 0 Å². The van der Waals surface area contributed by atoms with Gasteiger partial charge in [-0.25, -0.2) is 0 Å². The van der Waals surface area contributed by atoms with Crippen LogP contribution in [-0.2, 0) is 11.3 Å². The molecule has 0 aliphatic carbocycles. The molecule has 0 radical (unpaired) electrons. The molecular weight excluding hydrogens is 525 g/mol. The summed E-state index contributed by atoms with van der Waals surface area (Å²) >= 11 is 3.54. The van der Waals surface area contributed by atoms with Gasteiger partial charge in [0.2, 0.25) is 5.91 Å². The highest BCUT2D eigenvalue weighted by molar-refractivity contribution is 14.1. The third-order valence-corrected chi connectivity index (χ3v) is 6.26. The zero-order chi connectivity index (χ0) is 22.4. The Balaban J connectivity index is 1.61. The van der Waals surface area contributed by atoms with Crippen LogP contribution in [0.25, 0.3) is 0 Å². The summed E-state index contributed by atoms with van der Waals surface area (Å²) in [6, 6.07) is 14.7. The topological polar surface area (TPSA) is 88.9 Å². The monoisotopic (exact) mass is 549 g/mol. The molecule has 1 heterocycles. The fourth-order valence-corrected chi connectivity index (χ4v) is 4.10. The van der Waals surface area contributed by atoms with Gasteiger partial charge in [-0.15, -0.1) is 10.2 Å². The van der Waals surface area contributed by atoms with Crippen molar-refractivity contribution in [3.05, 3.63) is 69.1 Å². The number of thioether (sulfide) groups is 1. The van der Waals surface area contributed by atoms with E-state index in [0.717, 1.165) is 14.8 Å². The van der Waals surface area contributed by atoms with Crippen molar-refractivity contribution in [2.75, 3.05) is 11.1 Å². The van der Waals surface area contributed by atoms with E-state index in [1.807, 2.05) is 61.7 Å². The summed E-state index contributed by atoms with van der Waals surface area (Å²) in [7, 11) is 0. The minimum absolute atomic E-state index is 0.112. The Morgan fingerprint density at radius 3 is 2.42 bits per heavy atom. The van der Waals surface area contributed by atoms with Crippen molar-refractivity contribution in [2.24, 2.45) is 0 Å². The Morgan fingerprint density at radius 1 is 1.10 bits per heavy atom. The minimum atomic E-state index is -0.323. The second kappa shape index (κ2) is 10.8. The third kappa shape index (κ3) is 6.30. The van der Waals surface area contributed by atoms with E-state index in [1.54, 1.807) is 12.1 Å². The molecule has 0 saturated carbocycles. The van der Waals surface area contributed by atoms with E-state index in [1.165, 1.54) is 11.8 Å². The van der Waals surface area contributed by atoms with Gasteiger partial charge in [0.05, 0.1) is 11.8 Å². The van der Waals surface area contributed by atoms with Crippen molar-refractivity contribution in [2.45, 2.75) is 38.5 Å². The SMILES string of the molecule is CCn1c(SCC(=O)Nc2ccc(I)cc2)nnc1[C@H](C)NC(=O)c1ccc(C)cc1. The maximum absolute atomic E-state index is 12.5. The molecule has 7 nitrogen and oxygen atoms in total. The fourth-order valence-electron chi connectivity index (χ4n) is 2.93. The smallest absolute Gasteiger partial charge is 0.251 e. The van der Waals surface area contributed by atoms with Gasteiger partial charge < -0.3 is 15.2 Å². The van der Waals surface area contributed by atoms with Crippen molar-refractivity contribution in [3.63, 3.8) is 0 Å². The highest BCUT2D eigenvalue weighted by Gasteiger charge is 2.20. The average Bonchev–Trinajstić information content (AvgIpc) is 3.17. The quantitative estimate of drug-likeness (QED) is 0.321. The standard InChI is InChI=1S/C22H24IN5O2S/c1-4-28-20(15(3)24-21(30)16-7-5-14(2)6-8-16)26-27-22(28)31-13-19(29)25-18-11-9-17(23)10-12-18/h5-12,15H,4,13H2,1-3H3,(H,24,30)(H,25,29)/t15-/m0/s1. The van der Waals surface area contributed by atoms with Crippen LogP contribution >= 0.6 is 34.4 Å². The zero-order valence-corrected chi connectivity index (χ0v) is 20.5. The number of hydrogen-bond donors (Lipinski definition) is 2. The number of rotatable bonds is 8. The molecular formula is C22H24IN5O2S. The van der Waals surface area contributed by atoms with Crippen LogP contribution in [0.4, 0.5) is 5.69 Å². The van der Waals surface area contributed by atoms with E-state index in [4.69, 9.17) is 0 Å². The lowest BCUT2D eigenvalue weighted by molar-refractivity contribution is -0.113. The molecule has 3 rings (SSSR count). The first-order valence-corrected chi connectivity index (χ1v) is 11.9. The van der Waals surface area contributed by atoms with E-state index in [2.05, 4.69) is 43.4 Å².